The average Bonchev–Trinajstić information content (AvgIpc) is 2.45. The highest BCUT2D eigenvalue weighted by Gasteiger charge is 2.10. The normalized spacial score (nSPS) is 10.1. The minimum atomic E-state index is -0.528. The largest absolute Gasteiger partial charge is 0.496 e. The van der Waals surface area contributed by atoms with Gasteiger partial charge in [0.25, 0.3) is 5.91 Å². The molecule has 0 saturated heterocycles. The molecular formula is C15H16N2O3. The molecule has 2 aromatic carbocycles. The lowest BCUT2D eigenvalue weighted by Crippen LogP contribution is -2.13. The minimum absolute atomic E-state index is 0.235. The van der Waals surface area contributed by atoms with Crippen LogP contribution in [0.4, 0.5) is 5.69 Å². The van der Waals surface area contributed by atoms with Crippen LogP contribution < -0.4 is 20.9 Å². The summed E-state index contributed by atoms with van der Waals surface area (Å²) in [6, 6.07) is 12.1. The second kappa shape index (κ2) is 5.97. The molecule has 0 aliphatic rings. The molecule has 0 saturated carbocycles. The van der Waals surface area contributed by atoms with Crippen LogP contribution in [0.15, 0.2) is 42.5 Å². The SMILES string of the molecule is COc1ccc(N)cc1COc1ccccc1C(N)=O. The van der Waals surface area contributed by atoms with Crippen LogP contribution in [-0.4, -0.2) is 13.0 Å². The summed E-state index contributed by atoms with van der Waals surface area (Å²) in [6.45, 7) is 0.235. The zero-order chi connectivity index (χ0) is 14.5. The van der Waals surface area contributed by atoms with E-state index in [1.165, 1.54) is 0 Å². The number of nitrogens with two attached hydrogens (primary N) is 2. The Morgan fingerprint density at radius 1 is 1.15 bits per heavy atom. The molecule has 1 amide bonds. The average molecular weight is 272 g/mol. The summed E-state index contributed by atoms with van der Waals surface area (Å²) in [5, 5.41) is 0. The molecule has 0 aliphatic carbocycles. The molecule has 2 rings (SSSR count). The highest BCUT2D eigenvalue weighted by molar-refractivity contribution is 5.95. The monoisotopic (exact) mass is 272 g/mol. The number of para-hydroxylation sites is 1. The van der Waals surface area contributed by atoms with Crippen LogP contribution in [0.5, 0.6) is 11.5 Å². The fourth-order valence-electron chi connectivity index (χ4n) is 1.86. The van der Waals surface area contributed by atoms with Crippen molar-refractivity contribution in [3.63, 3.8) is 0 Å². The molecule has 0 bridgehead atoms. The molecule has 2 aromatic rings. The van der Waals surface area contributed by atoms with Gasteiger partial charge in [-0.05, 0) is 30.3 Å². The molecule has 4 N–H and O–H groups in total. The third kappa shape index (κ3) is 3.00. The molecule has 0 aliphatic heterocycles. The highest BCUT2D eigenvalue weighted by atomic mass is 16.5. The van der Waals surface area contributed by atoms with Crippen LogP contribution in [0.1, 0.15) is 15.9 Å². The smallest absolute Gasteiger partial charge is 0.252 e. The van der Waals surface area contributed by atoms with Gasteiger partial charge >= 0.3 is 0 Å². The number of ether oxygens (including phenoxy) is 2. The Kier molecular flexibility index (Phi) is 4.10. The molecule has 5 heteroatoms. The van der Waals surface area contributed by atoms with Crippen molar-refractivity contribution in [3.8, 4) is 11.5 Å². The lowest BCUT2D eigenvalue weighted by molar-refractivity contribution is 0.0996. The summed E-state index contributed by atoms with van der Waals surface area (Å²) in [7, 11) is 1.58. The molecular weight excluding hydrogens is 256 g/mol. The summed E-state index contributed by atoms with van der Waals surface area (Å²) in [5.41, 5.74) is 12.8. The predicted molar refractivity (Wildman–Crippen MR) is 76.7 cm³/mol. The van der Waals surface area contributed by atoms with Crippen molar-refractivity contribution in [1.82, 2.24) is 0 Å². The molecule has 0 aromatic heterocycles. The van der Waals surface area contributed by atoms with Crippen LogP contribution in [0.3, 0.4) is 0 Å². The maximum atomic E-state index is 11.3. The number of hydrogen-bond donors (Lipinski definition) is 2. The number of rotatable bonds is 5. The van der Waals surface area contributed by atoms with Gasteiger partial charge in [0.15, 0.2) is 0 Å². The van der Waals surface area contributed by atoms with Crippen molar-refractivity contribution in [2.24, 2.45) is 5.73 Å². The molecule has 0 atom stereocenters. The van der Waals surface area contributed by atoms with Crippen molar-refractivity contribution in [2.45, 2.75) is 6.61 Å². The number of carbonyl (C=O) groups excluding carboxylic acids is 1. The van der Waals surface area contributed by atoms with E-state index in [-0.39, 0.29) is 6.61 Å². The van der Waals surface area contributed by atoms with Gasteiger partial charge in [-0.15, -0.1) is 0 Å². The first-order valence-electron chi connectivity index (χ1n) is 6.06. The lowest BCUT2D eigenvalue weighted by atomic mass is 10.1. The number of nitrogen functional groups attached to an aromatic ring is 1. The zero-order valence-corrected chi connectivity index (χ0v) is 11.1. The number of methoxy groups -OCH3 is 1. The fourth-order valence-corrected chi connectivity index (χ4v) is 1.86. The van der Waals surface area contributed by atoms with Gasteiger partial charge < -0.3 is 20.9 Å². The van der Waals surface area contributed by atoms with Gasteiger partial charge in [0.05, 0.1) is 12.7 Å². The van der Waals surface area contributed by atoms with Crippen molar-refractivity contribution in [2.75, 3.05) is 12.8 Å². The summed E-state index contributed by atoms with van der Waals surface area (Å²) >= 11 is 0. The van der Waals surface area contributed by atoms with Crippen LogP contribution in [-0.2, 0) is 6.61 Å². The standard InChI is InChI=1S/C15H16N2O3/c1-19-13-7-6-11(16)8-10(13)9-20-14-5-3-2-4-12(14)15(17)18/h2-8H,9,16H2,1H3,(H2,17,18). The molecule has 0 fully saturated rings. The third-order valence-electron chi connectivity index (χ3n) is 2.84. The number of anilines is 1. The van der Waals surface area contributed by atoms with E-state index in [4.69, 9.17) is 20.9 Å². The Balaban J connectivity index is 2.21. The first kappa shape index (κ1) is 13.7. The Hall–Kier alpha value is -2.69. The van der Waals surface area contributed by atoms with Crippen LogP contribution in [0.2, 0.25) is 0 Å². The minimum Gasteiger partial charge on any atom is -0.496 e. The van der Waals surface area contributed by atoms with Gasteiger partial charge in [0.1, 0.15) is 18.1 Å². The van der Waals surface area contributed by atoms with Crippen LogP contribution in [0.25, 0.3) is 0 Å². The summed E-state index contributed by atoms with van der Waals surface area (Å²) < 4.78 is 10.9. The van der Waals surface area contributed by atoms with Crippen molar-refractivity contribution in [1.29, 1.82) is 0 Å². The van der Waals surface area contributed by atoms with Gasteiger partial charge in [-0.1, -0.05) is 12.1 Å². The first-order chi connectivity index (χ1) is 9.61. The fraction of sp³-hybridized carbons (Fsp3) is 0.133. The number of carbonyl (C=O) groups is 1. The number of amides is 1. The van der Waals surface area contributed by atoms with Gasteiger partial charge in [-0.2, -0.15) is 0 Å². The van der Waals surface area contributed by atoms with E-state index in [2.05, 4.69) is 0 Å². The second-order valence-electron chi connectivity index (χ2n) is 4.22. The maximum Gasteiger partial charge on any atom is 0.252 e. The van der Waals surface area contributed by atoms with Gasteiger partial charge in [0.2, 0.25) is 0 Å². The van der Waals surface area contributed by atoms with E-state index >= 15 is 0 Å². The first-order valence-corrected chi connectivity index (χ1v) is 6.06. The predicted octanol–water partition coefficient (Wildman–Crippen LogP) is 1.96. The van der Waals surface area contributed by atoms with E-state index in [0.29, 0.717) is 22.7 Å². The molecule has 0 heterocycles. The molecule has 0 unspecified atom stereocenters. The van der Waals surface area contributed by atoms with Crippen molar-refractivity contribution in [3.05, 3.63) is 53.6 Å². The lowest BCUT2D eigenvalue weighted by Gasteiger charge is -2.12. The van der Waals surface area contributed by atoms with Gasteiger partial charge in [-0.3, -0.25) is 4.79 Å². The van der Waals surface area contributed by atoms with Crippen LogP contribution in [0, 0.1) is 0 Å². The van der Waals surface area contributed by atoms with E-state index in [1.54, 1.807) is 49.6 Å². The topological polar surface area (TPSA) is 87.6 Å². The highest BCUT2D eigenvalue weighted by Crippen LogP contribution is 2.24. The van der Waals surface area contributed by atoms with Crippen molar-refractivity contribution < 1.29 is 14.3 Å². The Morgan fingerprint density at radius 2 is 1.90 bits per heavy atom. The summed E-state index contributed by atoms with van der Waals surface area (Å²) in [5.74, 6) is 0.584. The molecule has 0 spiro atoms. The van der Waals surface area contributed by atoms with E-state index in [9.17, 15) is 4.79 Å². The Morgan fingerprint density at radius 3 is 2.60 bits per heavy atom. The molecule has 20 heavy (non-hydrogen) atoms. The quantitative estimate of drug-likeness (QED) is 0.814. The molecule has 5 nitrogen and oxygen atoms in total. The Bertz CT molecular complexity index is 626. The van der Waals surface area contributed by atoms with Gasteiger partial charge in [-0.25, -0.2) is 0 Å². The second-order valence-corrected chi connectivity index (χ2v) is 4.22. The third-order valence-corrected chi connectivity index (χ3v) is 2.84. The molecule has 104 valence electrons. The van der Waals surface area contributed by atoms with E-state index in [0.717, 1.165) is 5.56 Å². The van der Waals surface area contributed by atoms with Crippen molar-refractivity contribution >= 4 is 11.6 Å². The molecule has 0 radical (unpaired) electrons. The number of hydrogen-bond acceptors (Lipinski definition) is 4. The Labute approximate surface area is 117 Å². The summed E-state index contributed by atoms with van der Waals surface area (Å²) in [6.07, 6.45) is 0. The van der Waals surface area contributed by atoms with Crippen LogP contribution >= 0.6 is 0 Å². The van der Waals surface area contributed by atoms with E-state index < -0.39 is 5.91 Å². The number of benzene rings is 2. The van der Waals surface area contributed by atoms with E-state index in [1.807, 2.05) is 0 Å². The zero-order valence-electron chi connectivity index (χ0n) is 11.1. The summed E-state index contributed by atoms with van der Waals surface area (Å²) in [4.78, 5) is 11.3. The van der Waals surface area contributed by atoms with Gasteiger partial charge in [0, 0.05) is 11.3 Å². The maximum absolute atomic E-state index is 11.3. The number of primary amides is 1.